The van der Waals surface area contributed by atoms with E-state index in [0.717, 1.165) is 6.42 Å². The Morgan fingerprint density at radius 3 is 2.29 bits per heavy atom. The Labute approximate surface area is 93.1 Å². The van der Waals surface area contributed by atoms with Crippen LogP contribution in [0.25, 0.3) is 0 Å². The van der Waals surface area contributed by atoms with Crippen LogP contribution in [0.5, 0.6) is 0 Å². The van der Waals surface area contributed by atoms with E-state index in [-0.39, 0.29) is 18.4 Å². The molecule has 1 atom stereocenters. The summed E-state index contributed by atoms with van der Waals surface area (Å²) in [6.45, 7) is 6.53. The average Bonchev–Trinajstić information content (AvgIpc) is 2.17. The first kappa shape index (κ1) is 13.5. The molecule has 0 fully saturated rings. The van der Waals surface area contributed by atoms with Crippen molar-refractivity contribution in [1.29, 1.82) is 0 Å². The van der Waals surface area contributed by atoms with Gasteiger partial charge >= 0.3 is 0 Å². The second-order valence-corrected chi connectivity index (χ2v) is 3.84. The summed E-state index contributed by atoms with van der Waals surface area (Å²) in [5.74, 6) is 0.587. The van der Waals surface area contributed by atoms with Gasteiger partial charge in [-0.05, 0) is 23.5 Å². The highest BCUT2D eigenvalue weighted by Crippen LogP contribution is 2.20. The number of hydrogen-bond donors (Lipinski definition) is 1. The Morgan fingerprint density at radius 1 is 1.21 bits per heavy atom. The molecular formula is C12H20ClN. The van der Waals surface area contributed by atoms with E-state index in [9.17, 15) is 0 Å². The summed E-state index contributed by atoms with van der Waals surface area (Å²) in [5, 5.41) is 0. The van der Waals surface area contributed by atoms with Crippen molar-refractivity contribution < 1.29 is 0 Å². The van der Waals surface area contributed by atoms with Gasteiger partial charge in [-0.15, -0.1) is 12.4 Å². The van der Waals surface area contributed by atoms with E-state index in [4.69, 9.17) is 5.73 Å². The Hall–Kier alpha value is -0.530. The fourth-order valence-corrected chi connectivity index (χ4v) is 1.38. The summed E-state index contributed by atoms with van der Waals surface area (Å²) in [7, 11) is 0. The Bertz CT molecular complexity index is 271. The fourth-order valence-electron chi connectivity index (χ4n) is 1.38. The maximum Gasteiger partial charge on any atom is 0.0292 e. The molecule has 0 unspecified atom stereocenters. The standard InChI is InChI=1S/C12H19N.ClH/c1-4-12(13)11-7-5-6-10(8-11)9(2)3;/h5-9,12H,4,13H2,1-3H3;1H/t12-;/m1./s1. The lowest BCUT2D eigenvalue weighted by Crippen LogP contribution is -2.08. The quantitative estimate of drug-likeness (QED) is 0.815. The van der Waals surface area contributed by atoms with Gasteiger partial charge in [0.2, 0.25) is 0 Å². The molecule has 1 aromatic carbocycles. The van der Waals surface area contributed by atoms with Gasteiger partial charge in [0, 0.05) is 6.04 Å². The third-order valence-corrected chi connectivity index (χ3v) is 2.45. The van der Waals surface area contributed by atoms with Gasteiger partial charge in [0.05, 0.1) is 0 Å². The molecule has 0 saturated carbocycles. The van der Waals surface area contributed by atoms with E-state index >= 15 is 0 Å². The molecule has 0 bridgehead atoms. The number of hydrogen-bond acceptors (Lipinski definition) is 1. The minimum Gasteiger partial charge on any atom is -0.324 e. The van der Waals surface area contributed by atoms with Crippen molar-refractivity contribution in [2.75, 3.05) is 0 Å². The smallest absolute Gasteiger partial charge is 0.0292 e. The maximum atomic E-state index is 5.96. The normalized spacial score (nSPS) is 12.4. The monoisotopic (exact) mass is 213 g/mol. The highest BCUT2D eigenvalue weighted by Gasteiger charge is 2.05. The van der Waals surface area contributed by atoms with Crippen LogP contribution in [-0.2, 0) is 0 Å². The lowest BCUT2D eigenvalue weighted by atomic mass is 9.97. The van der Waals surface area contributed by atoms with Gasteiger partial charge in [0.15, 0.2) is 0 Å². The zero-order valence-electron chi connectivity index (χ0n) is 9.16. The summed E-state index contributed by atoms with van der Waals surface area (Å²) >= 11 is 0. The van der Waals surface area contributed by atoms with E-state index in [1.54, 1.807) is 0 Å². The van der Waals surface area contributed by atoms with Gasteiger partial charge in [-0.2, -0.15) is 0 Å². The minimum absolute atomic E-state index is 0. The van der Waals surface area contributed by atoms with Crippen molar-refractivity contribution in [3.63, 3.8) is 0 Å². The van der Waals surface area contributed by atoms with Crippen LogP contribution in [0.15, 0.2) is 24.3 Å². The molecule has 0 heterocycles. The SMILES string of the molecule is CC[C@@H](N)c1cccc(C(C)C)c1.Cl. The zero-order chi connectivity index (χ0) is 9.84. The predicted molar refractivity (Wildman–Crippen MR) is 65.0 cm³/mol. The van der Waals surface area contributed by atoms with Crippen molar-refractivity contribution in [3.05, 3.63) is 35.4 Å². The van der Waals surface area contributed by atoms with Crippen LogP contribution in [0.1, 0.15) is 50.3 Å². The first-order valence-corrected chi connectivity index (χ1v) is 5.00. The maximum absolute atomic E-state index is 5.96. The molecule has 0 aromatic heterocycles. The highest BCUT2D eigenvalue weighted by atomic mass is 35.5. The van der Waals surface area contributed by atoms with Crippen LogP contribution < -0.4 is 5.73 Å². The molecule has 80 valence electrons. The molecule has 0 aliphatic rings. The van der Waals surface area contributed by atoms with Gasteiger partial charge < -0.3 is 5.73 Å². The van der Waals surface area contributed by atoms with Crippen LogP contribution in [-0.4, -0.2) is 0 Å². The predicted octanol–water partition coefficient (Wildman–Crippen LogP) is 3.64. The molecule has 0 aliphatic heterocycles. The summed E-state index contributed by atoms with van der Waals surface area (Å²) in [6.07, 6.45) is 1.00. The van der Waals surface area contributed by atoms with Crippen molar-refractivity contribution in [3.8, 4) is 0 Å². The van der Waals surface area contributed by atoms with Crippen LogP contribution in [0.3, 0.4) is 0 Å². The number of halogens is 1. The molecule has 0 amide bonds. The molecular weight excluding hydrogens is 194 g/mol. The summed E-state index contributed by atoms with van der Waals surface area (Å²) in [4.78, 5) is 0. The molecule has 2 heteroatoms. The molecule has 1 nitrogen and oxygen atoms in total. The van der Waals surface area contributed by atoms with Crippen LogP contribution in [0, 0.1) is 0 Å². The van der Waals surface area contributed by atoms with Crippen molar-refractivity contribution in [1.82, 2.24) is 0 Å². The van der Waals surface area contributed by atoms with Crippen molar-refractivity contribution >= 4 is 12.4 Å². The topological polar surface area (TPSA) is 26.0 Å². The summed E-state index contributed by atoms with van der Waals surface area (Å²) in [5.41, 5.74) is 8.60. The van der Waals surface area contributed by atoms with E-state index in [2.05, 4.69) is 45.0 Å². The second-order valence-electron chi connectivity index (χ2n) is 3.84. The molecule has 2 N–H and O–H groups in total. The highest BCUT2D eigenvalue weighted by molar-refractivity contribution is 5.85. The van der Waals surface area contributed by atoms with Crippen LogP contribution >= 0.6 is 12.4 Å². The molecule has 0 saturated heterocycles. The van der Waals surface area contributed by atoms with Crippen LogP contribution in [0.4, 0.5) is 0 Å². The largest absolute Gasteiger partial charge is 0.324 e. The molecule has 0 radical (unpaired) electrons. The Kier molecular flexibility index (Phi) is 5.82. The molecule has 14 heavy (non-hydrogen) atoms. The number of benzene rings is 1. The molecule has 0 aliphatic carbocycles. The van der Waals surface area contributed by atoms with Crippen molar-refractivity contribution in [2.24, 2.45) is 5.73 Å². The third kappa shape index (κ3) is 3.32. The summed E-state index contributed by atoms with van der Waals surface area (Å²) < 4.78 is 0. The van der Waals surface area contributed by atoms with E-state index in [1.165, 1.54) is 11.1 Å². The number of rotatable bonds is 3. The lowest BCUT2D eigenvalue weighted by Gasteiger charge is -2.12. The lowest BCUT2D eigenvalue weighted by molar-refractivity contribution is 0.695. The van der Waals surface area contributed by atoms with Gasteiger partial charge in [0.1, 0.15) is 0 Å². The molecule has 0 spiro atoms. The van der Waals surface area contributed by atoms with Gasteiger partial charge in [-0.1, -0.05) is 45.0 Å². The van der Waals surface area contributed by atoms with Crippen LogP contribution in [0.2, 0.25) is 0 Å². The first-order valence-electron chi connectivity index (χ1n) is 5.00. The first-order chi connectivity index (χ1) is 6.15. The van der Waals surface area contributed by atoms with Gasteiger partial charge in [-0.3, -0.25) is 0 Å². The van der Waals surface area contributed by atoms with Gasteiger partial charge in [-0.25, -0.2) is 0 Å². The fraction of sp³-hybridized carbons (Fsp3) is 0.500. The third-order valence-electron chi connectivity index (χ3n) is 2.45. The van der Waals surface area contributed by atoms with Crippen molar-refractivity contribution in [2.45, 2.75) is 39.2 Å². The second kappa shape index (κ2) is 6.05. The van der Waals surface area contributed by atoms with E-state index in [1.807, 2.05) is 0 Å². The van der Waals surface area contributed by atoms with E-state index < -0.39 is 0 Å². The Balaban J connectivity index is 0.00000169. The molecule has 1 aromatic rings. The average molecular weight is 214 g/mol. The number of nitrogens with two attached hydrogens (primary N) is 1. The summed E-state index contributed by atoms with van der Waals surface area (Å²) in [6, 6.07) is 8.79. The minimum atomic E-state index is 0. The zero-order valence-corrected chi connectivity index (χ0v) is 9.97. The Morgan fingerprint density at radius 2 is 1.79 bits per heavy atom. The molecule has 1 rings (SSSR count). The van der Waals surface area contributed by atoms with E-state index in [0.29, 0.717) is 5.92 Å². The van der Waals surface area contributed by atoms with Gasteiger partial charge in [0.25, 0.3) is 0 Å².